The third-order valence-electron chi connectivity index (χ3n) is 10.3. The summed E-state index contributed by atoms with van der Waals surface area (Å²) < 4.78 is 21.7. The van der Waals surface area contributed by atoms with Crippen LogP contribution < -0.4 is 11.1 Å². The fourth-order valence-corrected chi connectivity index (χ4v) is 7.34. The summed E-state index contributed by atoms with van der Waals surface area (Å²) in [5.41, 5.74) is 5.06. The number of primary amides is 1. The van der Waals surface area contributed by atoms with Gasteiger partial charge in [-0.1, -0.05) is 194 Å². The maximum atomic E-state index is 12.7. The van der Waals surface area contributed by atoms with Gasteiger partial charge in [0.05, 0.1) is 13.2 Å². The van der Waals surface area contributed by atoms with E-state index in [0.717, 1.165) is 38.5 Å². The molecule has 0 fully saturated rings. The van der Waals surface area contributed by atoms with E-state index in [2.05, 4.69) is 19.2 Å². The zero-order chi connectivity index (χ0) is 41.9. The third-order valence-corrected chi connectivity index (χ3v) is 11.1. The number of hydrogen-bond donors (Lipinski definition) is 3. The van der Waals surface area contributed by atoms with Crippen molar-refractivity contribution in [2.75, 3.05) is 26.4 Å². The molecule has 2 amide bonds. The van der Waals surface area contributed by atoms with Crippen LogP contribution in [0, 0.1) is 0 Å². The molecule has 0 bridgehead atoms. The third kappa shape index (κ3) is 43.6. The summed E-state index contributed by atoms with van der Waals surface area (Å²) in [5, 5.41) is 2.56. The van der Waals surface area contributed by atoms with Crippen LogP contribution in [0.3, 0.4) is 0 Å². The quantitative estimate of drug-likeness (QED) is 0.0308. The summed E-state index contributed by atoms with van der Waals surface area (Å²) >= 11 is 0. The Morgan fingerprint density at radius 1 is 0.509 bits per heavy atom. The van der Waals surface area contributed by atoms with Gasteiger partial charge in [-0.3, -0.25) is 19.2 Å². The van der Waals surface area contributed by atoms with E-state index in [1.54, 1.807) is 0 Å². The molecule has 12 heteroatoms. The van der Waals surface area contributed by atoms with E-state index in [9.17, 15) is 24.1 Å². The van der Waals surface area contributed by atoms with Crippen molar-refractivity contribution in [2.24, 2.45) is 5.73 Å². The molecule has 4 N–H and O–H groups in total. The number of nitrogens with two attached hydrogens (primary N) is 1. The van der Waals surface area contributed by atoms with Crippen molar-refractivity contribution < 1.29 is 42.6 Å². The van der Waals surface area contributed by atoms with Crippen molar-refractivity contribution in [1.29, 1.82) is 0 Å². The predicted octanol–water partition coefficient (Wildman–Crippen LogP) is 11.6. The molecule has 57 heavy (non-hydrogen) atoms. The Morgan fingerprint density at radius 3 is 1.30 bits per heavy atom. The summed E-state index contributed by atoms with van der Waals surface area (Å²) in [4.78, 5) is 58.0. The van der Waals surface area contributed by atoms with Crippen LogP contribution in [-0.4, -0.2) is 61.1 Å². The maximum Gasteiger partial charge on any atom is 0.330 e. The largest absolute Gasteiger partial charge is 0.462 e. The van der Waals surface area contributed by atoms with E-state index in [4.69, 9.17) is 24.3 Å². The number of esters is 2. The Hall–Kier alpha value is -1.81. The first kappa shape index (κ1) is 55.2. The molecule has 0 radical (unpaired) electrons. The number of nitrogens with one attached hydrogen (secondary N) is 1. The first-order chi connectivity index (χ1) is 27.8. The molecule has 0 saturated carbocycles. The van der Waals surface area contributed by atoms with Crippen LogP contribution in [0.25, 0.3) is 0 Å². The van der Waals surface area contributed by atoms with Crippen molar-refractivity contribution in [3.63, 3.8) is 0 Å². The van der Waals surface area contributed by atoms with Crippen LogP contribution in [0.1, 0.15) is 232 Å². The van der Waals surface area contributed by atoms with Gasteiger partial charge in [-0.15, -0.1) is 0 Å². The first-order valence-electron chi connectivity index (χ1n) is 23.4. The van der Waals surface area contributed by atoms with Crippen LogP contribution in [-0.2, 0) is 37.7 Å². The average molecular weight is 831 g/mol. The number of unbranched alkanes of at least 4 members (excludes halogenated alkanes) is 28. The highest BCUT2D eigenvalue weighted by Gasteiger charge is 2.20. The highest BCUT2D eigenvalue weighted by atomic mass is 31.2. The lowest BCUT2D eigenvalue weighted by Gasteiger charge is -2.19. The molecule has 0 aliphatic rings. The van der Waals surface area contributed by atoms with Crippen molar-refractivity contribution in [1.82, 2.24) is 5.32 Å². The molecular formula is C45H87N2O9P. The molecule has 2 unspecified atom stereocenters. The van der Waals surface area contributed by atoms with Gasteiger partial charge in [-0.05, 0) is 12.8 Å². The Bertz CT molecular complexity index is 943. The average Bonchev–Trinajstić information content (AvgIpc) is 3.19. The van der Waals surface area contributed by atoms with Gasteiger partial charge >= 0.3 is 20.5 Å². The first-order valence-corrected chi connectivity index (χ1v) is 24.6. The summed E-state index contributed by atoms with van der Waals surface area (Å²) in [6.45, 7) is 4.23. The standard InChI is InChI=1S/C45H87N2O9P/c1-3-5-7-9-11-13-15-17-19-21-23-25-27-29-31-33-44(50)53-39-41(40-55-57(52)54-38-37-47-43(49)36-35-42(46)48)56-45(51)34-32-30-28-26-24-22-20-18-16-14-12-10-8-6-4-2/h41,52H,3-40H2,1-2H3,(H2,46,48)(H,47,49). The van der Waals surface area contributed by atoms with Crippen LogP contribution in [0.15, 0.2) is 0 Å². The lowest BCUT2D eigenvalue weighted by Crippen LogP contribution is -2.29. The van der Waals surface area contributed by atoms with Gasteiger partial charge in [0.2, 0.25) is 11.8 Å². The molecular weight excluding hydrogens is 743 g/mol. The lowest BCUT2D eigenvalue weighted by atomic mass is 10.0. The van der Waals surface area contributed by atoms with Gasteiger partial charge in [0.15, 0.2) is 6.10 Å². The van der Waals surface area contributed by atoms with E-state index >= 15 is 0 Å². The van der Waals surface area contributed by atoms with Crippen LogP contribution >= 0.6 is 8.60 Å². The molecule has 11 nitrogen and oxygen atoms in total. The van der Waals surface area contributed by atoms with Crippen molar-refractivity contribution in [3.8, 4) is 0 Å². The molecule has 0 aromatic rings. The molecule has 0 aliphatic heterocycles. The summed E-state index contributed by atoms with van der Waals surface area (Å²) in [6.07, 6.45) is 37.0. The van der Waals surface area contributed by atoms with E-state index < -0.39 is 26.6 Å². The summed E-state index contributed by atoms with van der Waals surface area (Å²) in [7, 11) is -2.33. The van der Waals surface area contributed by atoms with E-state index in [1.807, 2.05) is 0 Å². The number of ether oxygens (including phenoxy) is 2. The zero-order valence-corrected chi connectivity index (χ0v) is 37.6. The molecule has 0 aromatic carbocycles. The minimum Gasteiger partial charge on any atom is -0.462 e. The summed E-state index contributed by atoms with van der Waals surface area (Å²) in [6, 6.07) is 0. The Balaban J connectivity index is 4.32. The van der Waals surface area contributed by atoms with Crippen LogP contribution in [0.4, 0.5) is 0 Å². The van der Waals surface area contributed by atoms with Gasteiger partial charge in [-0.2, -0.15) is 0 Å². The summed E-state index contributed by atoms with van der Waals surface area (Å²) in [5.74, 6) is -1.65. The number of rotatable bonds is 45. The molecule has 0 saturated heterocycles. The number of carbonyl (C=O) groups is 4. The highest BCUT2D eigenvalue weighted by Crippen LogP contribution is 2.32. The second-order valence-corrected chi connectivity index (χ2v) is 16.9. The topological polar surface area (TPSA) is 163 Å². The molecule has 0 aromatic heterocycles. The number of hydrogen-bond acceptors (Lipinski definition) is 9. The van der Waals surface area contributed by atoms with Gasteiger partial charge in [-0.25, -0.2) is 0 Å². The smallest absolute Gasteiger partial charge is 0.330 e. The molecule has 0 rings (SSSR count). The van der Waals surface area contributed by atoms with E-state index in [1.165, 1.54) is 154 Å². The van der Waals surface area contributed by atoms with Crippen molar-refractivity contribution >= 4 is 32.4 Å². The fraction of sp³-hybridized carbons (Fsp3) is 0.911. The van der Waals surface area contributed by atoms with Crippen molar-refractivity contribution in [2.45, 2.75) is 238 Å². The molecule has 336 valence electrons. The Labute approximate surface area is 349 Å². The van der Waals surface area contributed by atoms with E-state index in [-0.39, 0.29) is 57.5 Å². The highest BCUT2D eigenvalue weighted by molar-refractivity contribution is 7.40. The Kier molecular flexibility index (Phi) is 42.4. The lowest BCUT2D eigenvalue weighted by molar-refractivity contribution is -0.161. The normalized spacial score (nSPS) is 12.3. The molecule has 0 aliphatic carbocycles. The van der Waals surface area contributed by atoms with Gasteiger partial charge < -0.3 is 34.5 Å². The van der Waals surface area contributed by atoms with Gasteiger partial charge in [0.1, 0.15) is 6.61 Å². The SMILES string of the molecule is CCCCCCCCCCCCCCCCCC(=O)OCC(COP(O)OCCNC(=O)CCC(N)=O)OC(=O)CCCCCCCCCCCCCCCCC. The Morgan fingerprint density at radius 2 is 0.895 bits per heavy atom. The number of carbonyl (C=O) groups excluding carboxylic acids is 4. The van der Waals surface area contributed by atoms with Gasteiger partial charge in [0, 0.05) is 32.2 Å². The second-order valence-electron chi connectivity index (χ2n) is 15.9. The minimum absolute atomic E-state index is 0.0235. The van der Waals surface area contributed by atoms with Crippen molar-refractivity contribution in [3.05, 3.63) is 0 Å². The number of amides is 2. The fourth-order valence-electron chi connectivity index (χ4n) is 6.72. The van der Waals surface area contributed by atoms with Gasteiger partial charge in [0.25, 0.3) is 0 Å². The second kappa shape index (κ2) is 43.8. The predicted molar refractivity (Wildman–Crippen MR) is 232 cm³/mol. The molecule has 0 heterocycles. The maximum absolute atomic E-state index is 12.7. The molecule has 0 spiro atoms. The van der Waals surface area contributed by atoms with E-state index in [0.29, 0.717) is 6.42 Å². The van der Waals surface area contributed by atoms with Crippen LogP contribution in [0.2, 0.25) is 0 Å². The van der Waals surface area contributed by atoms with Crippen LogP contribution in [0.5, 0.6) is 0 Å². The molecule has 2 atom stereocenters. The minimum atomic E-state index is -2.33. The zero-order valence-electron chi connectivity index (χ0n) is 36.7. The monoisotopic (exact) mass is 831 g/mol.